The lowest BCUT2D eigenvalue weighted by atomic mass is 10.1. The van der Waals surface area contributed by atoms with E-state index in [0.29, 0.717) is 30.5 Å². The van der Waals surface area contributed by atoms with Crippen LogP contribution in [-0.4, -0.2) is 25.7 Å². The molecule has 5 heteroatoms. The summed E-state index contributed by atoms with van der Waals surface area (Å²) in [5.41, 5.74) is 6.52. The summed E-state index contributed by atoms with van der Waals surface area (Å²) >= 11 is 0. The molecule has 1 aromatic carbocycles. The molecule has 1 atom stereocenters. The minimum absolute atomic E-state index is 0.135. The molecule has 1 unspecified atom stereocenters. The molecule has 0 bridgehead atoms. The Kier molecular flexibility index (Phi) is 7.02. The Morgan fingerprint density at radius 1 is 1.33 bits per heavy atom. The standard InChI is InChI=1S/C16H26N2O3/c1-11(2)8-9-18-16(19)12(3)21-15-13(10-17)6-5-7-14(15)20-4/h5-7,11-12H,8-10,17H2,1-4H3,(H,18,19). The fourth-order valence-corrected chi connectivity index (χ4v) is 1.87. The van der Waals surface area contributed by atoms with E-state index in [9.17, 15) is 4.79 Å². The summed E-state index contributed by atoms with van der Waals surface area (Å²) in [5.74, 6) is 1.54. The maximum absolute atomic E-state index is 12.0. The van der Waals surface area contributed by atoms with E-state index in [0.717, 1.165) is 12.0 Å². The van der Waals surface area contributed by atoms with E-state index in [-0.39, 0.29) is 5.91 Å². The summed E-state index contributed by atoms with van der Waals surface area (Å²) < 4.78 is 11.0. The molecule has 0 fully saturated rings. The molecule has 0 spiro atoms. The van der Waals surface area contributed by atoms with Crippen LogP contribution in [-0.2, 0) is 11.3 Å². The van der Waals surface area contributed by atoms with Gasteiger partial charge in [0, 0.05) is 18.7 Å². The molecule has 1 amide bonds. The van der Waals surface area contributed by atoms with Crippen molar-refractivity contribution in [2.75, 3.05) is 13.7 Å². The normalized spacial score (nSPS) is 12.1. The Labute approximate surface area is 126 Å². The number of methoxy groups -OCH3 is 1. The number of nitrogens with two attached hydrogens (primary N) is 1. The van der Waals surface area contributed by atoms with Gasteiger partial charge in [-0.2, -0.15) is 0 Å². The van der Waals surface area contributed by atoms with Gasteiger partial charge in [0.05, 0.1) is 7.11 Å². The average molecular weight is 294 g/mol. The lowest BCUT2D eigenvalue weighted by Crippen LogP contribution is -2.37. The van der Waals surface area contributed by atoms with Crippen LogP contribution in [0.2, 0.25) is 0 Å². The second-order valence-electron chi connectivity index (χ2n) is 5.39. The molecule has 0 heterocycles. The van der Waals surface area contributed by atoms with Crippen LogP contribution < -0.4 is 20.5 Å². The van der Waals surface area contributed by atoms with Crippen LogP contribution in [0.3, 0.4) is 0 Å². The van der Waals surface area contributed by atoms with E-state index in [1.807, 2.05) is 12.1 Å². The molecular formula is C16H26N2O3. The molecule has 0 saturated heterocycles. The van der Waals surface area contributed by atoms with Crippen LogP contribution >= 0.6 is 0 Å². The minimum Gasteiger partial charge on any atom is -0.493 e. The molecular weight excluding hydrogens is 268 g/mol. The van der Waals surface area contributed by atoms with Crippen molar-refractivity contribution in [2.24, 2.45) is 11.7 Å². The highest BCUT2D eigenvalue weighted by molar-refractivity contribution is 5.80. The Morgan fingerprint density at radius 2 is 2.05 bits per heavy atom. The number of hydrogen-bond acceptors (Lipinski definition) is 4. The van der Waals surface area contributed by atoms with Crippen molar-refractivity contribution in [1.29, 1.82) is 0 Å². The van der Waals surface area contributed by atoms with Crippen molar-refractivity contribution in [3.63, 3.8) is 0 Å². The van der Waals surface area contributed by atoms with Gasteiger partial charge >= 0.3 is 0 Å². The smallest absolute Gasteiger partial charge is 0.260 e. The zero-order chi connectivity index (χ0) is 15.8. The van der Waals surface area contributed by atoms with Gasteiger partial charge < -0.3 is 20.5 Å². The Balaban J connectivity index is 2.69. The molecule has 0 aliphatic carbocycles. The van der Waals surface area contributed by atoms with Crippen LogP contribution in [0.15, 0.2) is 18.2 Å². The third kappa shape index (κ3) is 5.27. The van der Waals surface area contributed by atoms with Crippen molar-refractivity contribution in [2.45, 2.75) is 39.8 Å². The van der Waals surface area contributed by atoms with Gasteiger partial charge in [-0.15, -0.1) is 0 Å². The van der Waals surface area contributed by atoms with Gasteiger partial charge in [0.25, 0.3) is 5.91 Å². The van der Waals surface area contributed by atoms with Gasteiger partial charge in [-0.05, 0) is 25.3 Å². The average Bonchev–Trinajstić information content (AvgIpc) is 2.46. The molecule has 118 valence electrons. The summed E-state index contributed by atoms with van der Waals surface area (Å²) in [5, 5.41) is 2.87. The molecule has 5 nitrogen and oxygen atoms in total. The molecule has 21 heavy (non-hydrogen) atoms. The maximum atomic E-state index is 12.0. The second-order valence-corrected chi connectivity index (χ2v) is 5.39. The number of carbonyl (C=O) groups is 1. The fourth-order valence-electron chi connectivity index (χ4n) is 1.87. The number of hydrogen-bond donors (Lipinski definition) is 2. The van der Waals surface area contributed by atoms with Crippen molar-refractivity contribution in [3.05, 3.63) is 23.8 Å². The minimum atomic E-state index is -0.598. The molecule has 0 aliphatic rings. The first-order valence-corrected chi connectivity index (χ1v) is 7.29. The zero-order valence-corrected chi connectivity index (χ0v) is 13.3. The monoisotopic (exact) mass is 294 g/mol. The number of rotatable bonds is 8. The van der Waals surface area contributed by atoms with E-state index in [4.69, 9.17) is 15.2 Å². The SMILES string of the molecule is COc1cccc(CN)c1OC(C)C(=O)NCCC(C)C. The van der Waals surface area contributed by atoms with Crippen molar-refractivity contribution < 1.29 is 14.3 Å². The molecule has 0 aromatic heterocycles. The number of benzene rings is 1. The Morgan fingerprint density at radius 3 is 2.62 bits per heavy atom. The van der Waals surface area contributed by atoms with E-state index in [2.05, 4.69) is 19.2 Å². The maximum Gasteiger partial charge on any atom is 0.260 e. The van der Waals surface area contributed by atoms with E-state index in [1.165, 1.54) is 0 Å². The third-order valence-electron chi connectivity index (χ3n) is 3.19. The topological polar surface area (TPSA) is 73.6 Å². The van der Waals surface area contributed by atoms with Crippen LogP contribution in [0.4, 0.5) is 0 Å². The number of ether oxygens (including phenoxy) is 2. The number of amides is 1. The number of nitrogens with one attached hydrogen (secondary N) is 1. The van der Waals surface area contributed by atoms with Crippen LogP contribution in [0.1, 0.15) is 32.8 Å². The van der Waals surface area contributed by atoms with Gasteiger partial charge in [-0.25, -0.2) is 0 Å². The second kappa shape index (κ2) is 8.52. The largest absolute Gasteiger partial charge is 0.493 e. The first kappa shape index (κ1) is 17.3. The Bertz CT molecular complexity index is 439. The third-order valence-corrected chi connectivity index (χ3v) is 3.19. The summed E-state index contributed by atoms with van der Waals surface area (Å²) in [6.07, 6.45) is 0.347. The summed E-state index contributed by atoms with van der Waals surface area (Å²) in [7, 11) is 1.57. The molecule has 1 aromatic rings. The van der Waals surface area contributed by atoms with Gasteiger partial charge in [-0.3, -0.25) is 4.79 Å². The van der Waals surface area contributed by atoms with Gasteiger partial charge in [-0.1, -0.05) is 26.0 Å². The van der Waals surface area contributed by atoms with Crippen molar-refractivity contribution in [1.82, 2.24) is 5.32 Å². The molecule has 1 rings (SSSR count). The first-order chi connectivity index (χ1) is 9.99. The van der Waals surface area contributed by atoms with Crippen LogP contribution in [0.25, 0.3) is 0 Å². The van der Waals surface area contributed by atoms with Gasteiger partial charge in [0.15, 0.2) is 17.6 Å². The van der Waals surface area contributed by atoms with Crippen molar-refractivity contribution in [3.8, 4) is 11.5 Å². The first-order valence-electron chi connectivity index (χ1n) is 7.29. The number of para-hydroxylation sites is 1. The molecule has 0 saturated carbocycles. The van der Waals surface area contributed by atoms with Gasteiger partial charge in [0.2, 0.25) is 0 Å². The summed E-state index contributed by atoms with van der Waals surface area (Å²) in [4.78, 5) is 12.0. The van der Waals surface area contributed by atoms with Gasteiger partial charge in [0.1, 0.15) is 0 Å². The Hall–Kier alpha value is -1.75. The highest BCUT2D eigenvalue weighted by atomic mass is 16.5. The highest BCUT2D eigenvalue weighted by Crippen LogP contribution is 2.31. The predicted octanol–water partition coefficient (Wildman–Crippen LogP) is 2.08. The molecule has 0 aliphatic heterocycles. The zero-order valence-electron chi connectivity index (χ0n) is 13.3. The van der Waals surface area contributed by atoms with Crippen LogP contribution in [0, 0.1) is 5.92 Å². The highest BCUT2D eigenvalue weighted by Gasteiger charge is 2.18. The molecule has 3 N–H and O–H groups in total. The van der Waals surface area contributed by atoms with E-state index >= 15 is 0 Å². The van der Waals surface area contributed by atoms with Crippen LogP contribution in [0.5, 0.6) is 11.5 Å². The quantitative estimate of drug-likeness (QED) is 0.770. The lowest BCUT2D eigenvalue weighted by Gasteiger charge is -2.19. The van der Waals surface area contributed by atoms with E-state index in [1.54, 1.807) is 20.1 Å². The lowest BCUT2D eigenvalue weighted by molar-refractivity contribution is -0.127. The number of carbonyl (C=O) groups excluding carboxylic acids is 1. The summed E-state index contributed by atoms with van der Waals surface area (Å²) in [6, 6.07) is 5.50. The van der Waals surface area contributed by atoms with E-state index < -0.39 is 6.10 Å². The van der Waals surface area contributed by atoms with Crippen molar-refractivity contribution >= 4 is 5.91 Å². The fraction of sp³-hybridized carbons (Fsp3) is 0.562. The predicted molar refractivity (Wildman–Crippen MR) is 83.4 cm³/mol. The molecule has 0 radical (unpaired) electrons. The summed E-state index contributed by atoms with van der Waals surface area (Å²) in [6.45, 7) is 6.94.